The van der Waals surface area contributed by atoms with Crippen LogP contribution in [-0.4, -0.2) is 53.0 Å². The number of nitriles is 1. The number of halogens is 5. The van der Waals surface area contributed by atoms with Crippen molar-refractivity contribution >= 4 is 78.3 Å². The molecule has 12 aromatic rings. The van der Waals surface area contributed by atoms with Gasteiger partial charge in [-0.15, -0.1) is 12.8 Å². The number of rotatable bonds is 20. The van der Waals surface area contributed by atoms with Gasteiger partial charge in [0, 0.05) is 120 Å². The van der Waals surface area contributed by atoms with Crippen LogP contribution >= 0.6 is 11.6 Å². The first-order valence-electron chi connectivity index (χ1n) is 45.9. The van der Waals surface area contributed by atoms with Crippen molar-refractivity contribution < 1.29 is 36.7 Å². The van der Waals surface area contributed by atoms with Crippen molar-refractivity contribution in [3.8, 4) is 30.8 Å². The van der Waals surface area contributed by atoms with Gasteiger partial charge in [0.05, 0.1) is 38.7 Å². The van der Waals surface area contributed by atoms with E-state index in [1.54, 1.807) is 85.3 Å². The lowest BCUT2D eigenvalue weighted by Gasteiger charge is -2.21. The molecule has 11 nitrogen and oxygen atoms in total. The van der Waals surface area contributed by atoms with E-state index in [1.807, 2.05) is 73.3 Å². The van der Waals surface area contributed by atoms with E-state index in [1.165, 1.54) is 46.5 Å². The van der Waals surface area contributed by atoms with Gasteiger partial charge in [0.15, 0.2) is 0 Å². The highest BCUT2D eigenvalue weighted by Crippen LogP contribution is 2.59. The van der Waals surface area contributed by atoms with E-state index in [9.17, 15) is 36.7 Å². The quantitative estimate of drug-likeness (QED) is 0.0526. The van der Waals surface area contributed by atoms with Crippen molar-refractivity contribution in [2.75, 3.05) is 0 Å². The fraction of sp³-hybridized carbons (Fsp3) is 0.396. The minimum absolute atomic E-state index is 0.0545. The number of Topliss-reactive ketones (excluding diaryl/α,β-unsaturated/α-hetero) is 4. The van der Waals surface area contributed by atoms with Gasteiger partial charge in [-0.3, -0.25) is 44.1 Å². The number of hydrogen-bond acceptors (Lipinski definition) is 11. The monoisotopic (exact) mass is 1710 g/mol. The van der Waals surface area contributed by atoms with E-state index in [2.05, 4.69) is 99.8 Å². The maximum Gasteiger partial charge on any atom is 0.140 e. The first-order chi connectivity index (χ1) is 61.5. The Morgan fingerprint density at radius 1 is 0.346 bits per heavy atom. The molecular formula is C111H108ClF4N7O4. The van der Waals surface area contributed by atoms with Crippen LogP contribution in [0.5, 0.6) is 0 Å². The molecule has 0 N–H and O–H groups in total. The molecule has 0 spiro atoms. The Bertz CT molecular complexity index is 5710. The molecular weight excluding hydrogens is 1610 g/mol. The zero-order chi connectivity index (χ0) is 88.3. The minimum Gasteiger partial charge on any atom is -0.299 e. The van der Waals surface area contributed by atoms with Gasteiger partial charge in [-0.2, -0.15) is 5.26 Å². The van der Waals surface area contributed by atoms with Gasteiger partial charge in [-0.1, -0.05) is 81.5 Å². The average Bonchev–Trinajstić information content (AvgIpc) is 1.61. The number of terminal acetylenes is 2. The molecule has 646 valence electrons. The van der Waals surface area contributed by atoms with Gasteiger partial charge < -0.3 is 0 Å². The van der Waals surface area contributed by atoms with Crippen LogP contribution in [0, 0.1) is 154 Å². The lowest BCUT2D eigenvalue weighted by Crippen LogP contribution is -2.21. The molecule has 20 rings (SSSR count). The molecule has 8 fully saturated rings. The summed E-state index contributed by atoms with van der Waals surface area (Å²) in [5.74, 6) is 14.6. The lowest BCUT2D eigenvalue weighted by atomic mass is 9.83. The van der Waals surface area contributed by atoms with Crippen LogP contribution in [0.15, 0.2) is 207 Å². The second-order valence-corrected chi connectivity index (χ2v) is 38.9. The summed E-state index contributed by atoms with van der Waals surface area (Å²) in [6.07, 6.45) is 42.8. The minimum atomic E-state index is -0.209. The molecule has 12 unspecified atom stereocenters. The molecule has 127 heavy (non-hydrogen) atoms. The topological polar surface area (TPSA) is 169 Å². The average molecular weight is 1720 g/mol. The van der Waals surface area contributed by atoms with Crippen molar-refractivity contribution in [2.45, 2.75) is 180 Å². The van der Waals surface area contributed by atoms with E-state index in [0.717, 1.165) is 174 Å². The number of benzene rings is 6. The number of aromatic nitrogens is 6. The third-order valence-corrected chi connectivity index (χ3v) is 31.4. The predicted molar refractivity (Wildman–Crippen MR) is 492 cm³/mol. The molecule has 0 bridgehead atoms. The zero-order valence-electron chi connectivity index (χ0n) is 72.6. The van der Waals surface area contributed by atoms with Crippen LogP contribution in [0.1, 0.15) is 215 Å². The summed E-state index contributed by atoms with van der Waals surface area (Å²) in [6, 6.07) is 50.5. The van der Waals surface area contributed by atoms with Crippen LogP contribution in [0.3, 0.4) is 0 Å². The highest BCUT2D eigenvalue weighted by Gasteiger charge is 2.49. The van der Waals surface area contributed by atoms with Crippen LogP contribution in [0.25, 0.3) is 43.6 Å². The molecule has 8 aliphatic rings. The van der Waals surface area contributed by atoms with E-state index in [0.29, 0.717) is 148 Å². The third kappa shape index (κ3) is 19.8. The lowest BCUT2D eigenvalue weighted by molar-refractivity contribution is -0.124. The van der Waals surface area contributed by atoms with Crippen molar-refractivity contribution in [1.82, 2.24) is 29.9 Å². The van der Waals surface area contributed by atoms with Crippen LogP contribution in [0.4, 0.5) is 17.6 Å². The summed E-state index contributed by atoms with van der Waals surface area (Å²) in [7, 11) is 0. The van der Waals surface area contributed by atoms with Gasteiger partial charge in [0.25, 0.3) is 0 Å². The van der Waals surface area contributed by atoms with Crippen molar-refractivity contribution in [3.63, 3.8) is 0 Å². The number of carbonyl (C=O) groups is 4. The van der Waals surface area contributed by atoms with Gasteiger partial charge in [-0.25, -0.2) is 22.5 Å². The van der Waals surface area contributed by atoms with Gasteiger partial charge in [-0.05, 0) is 375 Å². The Kier molecular flexibility index (Phi) is 26.7. The summed E-state index contributed by atoms with van der Waals surface area (Å²) in [6.45, 7) is 8.38. The Labute approximate surface area is 747 Å². The molecule has 20 atom stereocenters. The highest BCUT2D eigenvalue weighted by molar-refractivity contribution is 6.30. The fourth-order valence-corrected chi connectivity index (χ4v) is 24.6. The van der Waals surface area contributed by atoms with Crippen molar-refractivity contribution in [1.29, 1.82) is 5.26 Å². The molecule has 6 aromatic carbocycles. The summed E-state index contributed by atoms with van der Waals surface area (Å²) in [5.41, 5.74) is 14.3. The van der Waals surface area contributed by atoms with E-state index in [-0.39, 0.29) is 58.5 Å². The second kappa shape index (κ2) is 38.6. The predicted octanol–water partition coefficient (Wildman–Crippen LogP) is 24.6. The molecule has 16 heteroatoms. The molecule has 6 heterocycles. The molecule has 8 saturated carbocycles. The van der Waals surface area contributed by atoms with Crippen molar-refractivity contribution in [3.05, 3.63) is 297 Å². The SMILES string of the molecule is C#Cc1ccc(CC(=O)C(C)C2C[C@H]3CC(c4ccnc5ccc(F)cc45)C[C@H]3C2)cc1.C#Cc1ccc(CC(=O)C(C)C2C[C@H]3CC(c4ccnc5ccc(F)cc45)C[C@H]3C2)cn1.CC(C(=O)Cc1ccc(C#N)cc1)C1C[C@H]2CC(c3ccnc4ccc(F)cc34)C[C@H]2C1.CC(C(=O)Cc1cncc(Cl)c1)C1C[C@H]2CC(c3ccnc4ccc(F)cc34)C[C@H]2C1. The van der Waals surface area contributed by atoms with Gasteiger partial charge in [0.2, 0.25) is 0 Å². The summed E-state index contributed by atoms with van der Waals surface area (Å²) in [4.78, 5) is 77.6. The Morgan fingerprint density at radius 3 is 0.913 bits per heavy atom. The van der Waals surface area contributed by atoms with E-state index < -0.39 is 0 Å². The summed E-state index contributed by atoms with van der Waals surface area (Å²) < 4.78 is 55.5. The number of hydrogen-bond donors (Lipinski definition) is 0. The first kappa shape index (κ1) is 87.6. The second-order valence-electron chi connectivity index (χ2n) is 38.5. The van der Waals surface area contributed by atoms with Gasteiger partial charge in [0.1, 0.15) is 52.1 Å². The number of nitrogens with zero attached hydrogens (tertiary/aromatic N) is 7. The molecule has 0 radical (unpaired) electrons. The molecule has 0 saturated heterocycles. The largest absolute Gasteiger partial charge is 0.299 e. The van der Waals surface area contributed by atoms with Gasteiger partial charge >= 0.3 is 0 Å². The molecule has 8 aliphatic carbocycles. The Morgan fingerprint density at radius 2 is 0.638 bits per heavy atom. The summed E-state index contributed by atoms with van der Waals surface area (Å²) >= 11 is 6.01. The smallest absolute Gasteiger partial charge is 0.140 e. The third-order valence-electron chi connectivity index (χ3n) is 31.2. The molecule has 0 amide bonds. The zero-order valence-corrected chi connectivity index (χ0v) is 73.4. The molecule has 0 aliphatic heterocycles. The van der Waals surface area contributed by atoms with Crippen molar-refractivity contribution in [2.24, 2.45) is 94.7 Å². The number of pyridine rings is 6. The normalized spacial score (nSPS) is 25.6. The number of carbonyl (C=O) groups excluding carboxylic acids is 4. The van der Waals surface area contributed by atoms with Crippen LogP contribution in [-0.2, 0) is 44.9 Å². The number of fused-ring (bicyclic) bond motifs is 8. The highest BCUT2D eigenvalue weighted by atomic mass is 35.5. The maximum absolute atomic E-state index is 13.9. The number of ketones is 4. The van der Waals surface area contributed by atoms with E-state index in [4.69, 9.17) is 29.7 Å². The van der Waals surface area contributed by atoms with E-state index >= 15 is 0 Å². The van der Waals surface area contributed by atoms with Crippen LogP contribution in [0.2, 0.25) is 5.02 Å². The first-order valence-corrected chi connectivity index (χ1v) is 46.2. The Balaban J connectivity index is 0.000000119. The Hall–Kier alpha value is -11.4. The molecule has 6 aromatic heterocycles. The summed E-state index contributed by atoms with van der Waals surface area (Å²) in [5, 5.41) is 13.3. The standard InChI is InChI=1S/C29H28FNO.2C28H27FN2O.C26H26ClFN2O/c1-3-19-4-6-20(7-5-19)12-29(32)18(2)21-13-22-15-24(16-23(22)14-21)26-10-11-31-28-9-8-25(30)17-27(26)28;1-17(28(32)10-18-2-4-19(16-30)5-3-18)20-11-21-13-23(14-22(21)12-20)25-8-9-31-27-7-6-24(29)15-26(25)27;1-3-24-6-4-18(16-31-24)10-28(32)17(2)19-11-20-13-22(14-21(20)12-19)25-8-9-30-27-7-5-23(29)15-26(25)27;1-15(26(31)7-16-6-21(27)14-29-13-16)17-8-18-10-20(11-19(18)9-17)23-4-5-30-25-3-2-22(28)12-24(23)25/h1,4-11,17-18,21-24H,12-16H2,2H3;2-9,15,17,20-23H,10-14H2,1H3;1,4-9,15-17,19-22H,10-14H2,2H3;2-6,12-15,17-20H,7-11H2,1H3/t18?,21?,22-,23+,24?;17?,20?,21-,22+,23?;17?,19?,20-,21+,22?;15?,17?,18-,19+,20?. The fourth-order valence-electron chi connectivity index (χ4n) is 24.4. The van der Waals surface area contributed by atoms with Crippen LogP contribution < -0.4 is 0 Å². The maximum atomic E-state index is 13.9.